The van der Waals surface area contributed by atoms with E-state index in [1.54, 1.807) is 17.0 Å². The summed E-state index contributed by atoms with van der Waals surface area (Å²) in [5.41, 5.74) is 1.71. The topological polar surface area (TPSA) is 58.6 Å². The van der Waals surface area contributed by atoms with Crippen LogP contribution in [0.1, 0.15) is 65.0 Å². The number of amides is 2. The maximum Gasteiger partial charge on any atom is 0.261 e. The molecule has 0 fully saturated rings. The molecule has 0 spiro atoms. The van der Waals surface area contributed by atoms with E-state index in [0.29, 0.717) is 29.7 Å². The second-order valence-corrected chi connectivity index (χ2v) is 9.76. The van der Waals surface area contributed by atoms with Crippen LogP contribution in [0.15, 0.2) is 48.5 Å². The largest absolute Gasteiger partial charge is 0.484 e. The van der Waals surface area contributed by atoms with Gasteiger partial charge in [0.05, 0.1) is 0 Å². The van der Waals surface area contributed by atoms with Crippen LogP contribution in [-0.2, 0) is 16.1 Å². The average molecular weight is 459 g/mol. The van der Waals surface area contributed by atoms with Crippen molar-refractivity contribution in [3.8, 4) is 5.75 Å². The molecule has 0 aliphatic carbocycles. The first-order valence-electron chi connectivity index (χ1n) is 11.1. The van der Waals surface area contributed by atoms with Crippen molar-refractivity contribution in [2.45, 2.75) is 72.0 Å². The van der Waals surface area contributed by atoms with E-state index in [0.717, 1.165) is 5.56 Å². The van der Waals surface area contributed by atoms with Crippen LogP contribution in [0.4, 0.5) is 0 Å². The van der Waals surface area contributed by atoms with Crippen LogP contribution in [-0.4, -0.2) is 34.9 Å². The fourth-order valence-electron chi connectivity index (χ4n) is 3.34. The number of nitrogens with zero attached hydrogens (tertiary/aromatic N) is 1. The fraction of sp³-hybridized carbons (Fsp3) is 0.462. The second-order valence-electron chi connectivity index (χ2n) is 9.32. The Balaban J connectivity index is 2.20. The summed E-state index contributed by atoms with van der Waals surface area (Å²) in [5.74, 6) is 0.626. The van der Waals surface area contributed by atoms with Gasteiger partial charge >= 0.3 is 0 Å². The fourth-order valence-corrected chi connectivity index (χ4v) is 3.46. The van der Waals surface area contributed by atoms with E-state index in [1.165, 1.54) is 5.56 Å². The Morgan fingerprint density at radius 1 is 1.03 bits per heavy atom. The van der Waals surface area contributed by atoms with Gasteiger partial charge in [-0.3, -0.25) is 9.59 Å². The Kier molecular flexibility index (Phi) is 9.14. The standard InChI is InChI=1S/C26H35ClN2O3/c1-7-23(25(31)28-26(4,5)6)29(16-19-8-12-21(27)13-9-19)24(30)17-32-22-14-10-20(11-15-22)18(2)3/h8-15,18,23H,7,16-17H2,1-6H3,(H,28,31)/t23-/m0/s1. The van der Waals surface area contributed by atoms with E-state index in [-0.39, 0.29) is 18.4 Å². The molecular formula is C26H35ClN2O3. The second kappa shape index (κ2) is 11.4. The minimum Gasteiger partial charge on any atom is -0.484 e. The number of hydrogen-bond acceptors (Lipinski definition) is 3. The van der Waals surface area contributed by atoms with Crippen LogP contribution in [0.5, 0.6) is 5.75 Å². The zero-order valence-electron chi connectivity index (χ0n) is 19.9. The third kappa shape index (κ3) is 7.86. The molecule has 0 aromatic heterocycles. The zero-order chi connectivity index (χ0) is 23.9. The Morgan fingerprint density at radius 3 is 2.12 bits per heavy atom. The summed E-state index contributed by atoms with van der Waals surface area (Å²) in [6.45, 7) is 12.1. The van der Waals surface area contributed by atoms with Crippen molar-refractivity contribution in [2.75, 3.05) is 6.61 Å². The van der Waals surface area contributed by atoms with Crippen molar-refractivity contribution >= 4 is 23.4 Å². The quantitative estimate of drug-likeness (QED) is 0.534. The minimum absolute atomic E-state index is 0.145. The van der Waals surface area contributed by atoms with E-state index < -0.39 is 11.6 Å². The highest BCUT2D eigenvalue weighted by Crippen LogP contribution is 2.20. The van der Waals surface area contributed by atoms with Crippen LogP contribution in [0, 0.1) is 0 Å². The first-order valence-corrected chi connectivity index (χ1v) is 11.5. The number of carbonyl (C=O) groups excluding carboxylic acids is 2. The van der Waals surface area contributed by atoms with Crippen LogP contribution < -0.4 is 10.1 Å². The smallest absolute Gasteiger partial charge is 0.261 e. The van der Waals surface area contributed by atoms with E-state index in [9.17, 15) is 9.59 Å². The molecular weight excluding hydrogens is 424 g/mol. The molecule has 2 aromatic rings. The zero-order valence-corrected chi connectivity index (χ0v) is 20.7. The monoisotopic (exact) mass is 458 g/mol. The molecule has 5 nitrogen and oxygen atoms in total. The summed E-state index contributed by atoms with van der Waals surface area (Å²) in [6, 6.07) is 14.4. The van der Waals surface area contributed by atoms with Gasteiger partial charge in [0.1, 0.15) is 11.8 Å². The van der Waals surface area contributed by atoms with Crippen molar-refractivity contribution in [1.82, 2.24) is 10.2 Å². The number of ether oxygens (including phenoxy) is 1. The predicted octanol–water partition coefficient (Wildman–Crippen LogP) is 5.56. The predicted molar refractivity (Wildman–Crippen MR) is 130 cm³/mol. The number of carbonyl (C=O) groups is 2. The highest BCUT2D eigenvalue weighted by molar-refractivity contribution is 6.30. The van der Waals surface area contributed by atoms with Gasteiger partial charge < -0.3 is 15.0 Å². The van der Waals surface area contributed by atoms with Gasteiger partial charge in [-0.15, -0.1) is 0 Å². The van der Waals surface area contributed by atoms with Gasteiger partial charge in [0.25, 0.3) is 5.91 Å². The van der Waals surface area contributed by atoms with Crippen LogP contribution in [0.2, 0.25) is 5.02 Å². The number of benzene rings is 2. The average Bonchev–Trinajstić information content (AvgIpc) is 2.72. The van der Waals surface area contributed by atoms with Gasteiger partial charge in [-0.05, 0) is 68.5 Å². The maximum atomic E-state index is 13.2. The van der Waals surface area contributed by atoms with Crippen molar-refractivity contribution < 1.29 is 14.3 Å². The van der Waals surface area contributed by atoms with E-state index in [1.807, 2.05) is 64.1 Å². The van der Waals surface area contributed by atoms with Crippen molar-refractivity contribution in [1.29, 1.82) is 0 Å². The summed E-state index contributed by atoms with van der Waals surface area (Å²) in [5, 5.41) is 3.62. The lowest BCUT2D eigenvalue weighted by molar-refractivity contribution is -0.143. The molecule has 0 saturated carbocycles. The van der Waals surface area contributed by atoms with Gasteiger partial charge in [-0.2, -0.15) is 0 Å². The van der Waals surface area contributed by atoms with Crippen molar-refractivity contribution in [3.05, 3.63) is 64.7 Å². The number of rotatable bonds is 9. The molecule has 1 atom stereocenters. The third-order valence-electron chi connectivity index (χ3n) is 5.06. The van der Waals surface area contributed by atoms with Crippen molar-refractivity contribution in [2.24, 2.45) is 0 Å². The van der Waals surface area contributed by atoms with Crippen LogP contribution in [0.25, 0.3) is 0 Å². The van der Waals surface area contributed by atoms with Crippen LogP contribution >= 0.6 is 11.6 Å². The van der Waals surface area contributed by atoms with Crippen molar-refractivity contribution in [3.63, 3.8) is 0 Å². The Labute approximate surface area is 197 Å². The number of hydrogen-bond donors (Lipinski definition) is 1. The summed E-state index contributed by atoms with van der Waals surface area (Å²) < 4.78 is 5.77. The molecule has 0 heterocycles. The summed E-state index contributed by atoms with van der Waals surface area (Å²) in [7, 11) is 0. The molecule has 0 aliphatic rings. The molecule has 174 valence electrons. The lowest BCUT2D eigenvalue weighted by atomic mass is 10.0. The minimum atomic E-state index is -0.607. The van der Waals surface area contributed by atoms with Gasteiger partial charge in [-0.1, -0.05) is 56.6 Å². The molecule has 32 heavy (non-hydrogen) atoms. The van der Waals surface area contributed by atoms with Crippen LogP contribution in [0.3, 0.4) is 0 Å². The summed E-state index contributed by atoms with van der Waals surface area (Å²) in [4.78, 5) is 27.8. The molecule has 0 bridgehead atoms. The molecule has 6 heteroatoms. The third-order valence-corrected chi connectivity index (χ3v) is 5.31. The molecule has 0 saturated heterocycles. The molecule has 2 aromatic carbocycles. The van der Waals surface area contributed by atoms with Gasteiger partial charge in [0, 0.05) is 17.1 Å². The molecule has 2 amide bonds. The first kappa shape index (κ1) is 25.7. The van der Waals surface area contributed by atoms with E-state index >= 15 is 0 Å². The van der Waals surface area contributed by atoms with Gasteiger partial charge in [-0.25, -0.2) is 0 Å². The number of halogens is 1. The Bertz CT molecular complexity index is 887. The van der Waals surface area contributed by atoms with Gasteiger partial charge in [0.2, 0.25) is 5.91 Å². The lowest BCUT2D eigenvalue weighted by Crippen LogP contribution is -2.54. The summed E-state index contributed by atoms with van der Waals surface area (Å²) >= 11 is 6.01. The molecule has 0 aliphatic heterocycles. The molecule has 0 radical (unpaired) electrons. The molecule has 0 unspecified atom stereocenters. The Hall–Kier alpha value is -2.53. The van der Waals surface area contributed by atoms with E-state index in [4.69, 9.17) is 16.3 Å². The van der Waals surface area contributed by atoms with E-state index in [2.05, 4.69) is 19.2 Å². The normalized spacial score (nSPS) is 12.4. The van der Waals surface area contributed by atoms with Gasteiger partial charge in [0.15, 0.2) is 6.61 Å². The number of nitrogens with one attached hydrogen (secondary N) is 1. The molecule has 1 N–H and O–H groups in total. The first-order chi connectivity index (χ1) is 15.0. The highest BCUT2D eigenvalue weighted by Gasteiger charge is 2.30. The lowest BCUT2D eigenvalue weighted by Gasteiger charge is -2.33. The SMILES string of the molecule is CC[C@@H](C(=O)NC(C)(C)C)N(Cc1ccc(Cl)cc1)C(=O)COc1ccc(C(C)C)cc1. The maximum absolute atomic E-state index is 13.2. The highest BCUT2D eigenvalue weighted by atomic mass is 35.5. The summed E-state index contributed by atoms with van der Waals surface area (Å²) in [6.07, 6.45) is 0.490. The molecule has 2 rings (SSSR count). The Morgan fingerprint density at radius 2 is 1.62 bits per heavy atom.